The van der Waals surface area contributed by atoms with E-state index in [0.29, 0.717) is 5.82 Å². The van der Waals surface area contributed by atoms with Gasteiger partial charge in [0.1, 0.15) is 0 Å². The van der Waals surface area contributed by atoms with Crippen molar-refractivity contribution in [1.29, 1.82) is 0 Å². The van der Waals surface area contributed by atoms with E-state index in [-0.39, 0.29) is 0 Å². The highest BCUT2D eigenvalue weighted by molar-refractivity contribution is 5.32. The Labute approximate surface area is 98.9 Å². The normalized spacial score (nSPS) is 14.3. The predicted octanol–water partition coefficient (Wildman–Crippen LogP) is 3.03. The molecule has 88 valence electrons. The molecule has 0 unspecified atom stereocenters. The van der Waals surface area contributed by atoms with E-state index in [0.717, 1.165) is 6.42 Å². The summed E-state index contributed by atoms with van der Waals surface area (Å²) < 4.78 is 0. The van der Waals surface area contributed by atoms with Crippen molar-refractivity contribution in [3.8, 4) is 0 Å². The molecule has 0 radical (unpaired) electrons. The highest BCUT2D eigenvalue weighted by atomic mass is 14.9. The summed E-state index contributed by atoms with van der Waals surface area (Å²) in [5, 5.41) is 2.91. The number of allylic oxidation sites excluding steroid dienone is 8. The molecule has 0 bridgehead atoms. The molecule has 0 aliphatic heterocycles. The Balaban J connectivity index is 4.67. The van der Waals surface area contributed by atoms with E-state index in [2.05, 4.69) is 30.1 Å². The lowest BCUT2D eigenvalue weighted by Gasteiger charge is -2.05. The molecule has 2 heteroatoms. The molecule has 2 nitrogen and oxygen atoms in total. The van der Waals surface area contributed by atoms with Crippen LogP contribution in [0.15, 0.2) is 60.0 Å². The lowest BCUT2D eigenvalue weighted by molar-refractivity contribution is 0.956. The van der Waals surface area contributed by atoms with Crippen LogP contribution in [0, 0.1) is 0 Å². The molecule has 0 aromatic carbocycles. The maximum absolute atomic E-state index is 5.72. The second kappa shape index (κ2) is 8.60. The number of nitrogens with two attached hydrogens (primary N) is 1. The fourth-order valence-corrected chi connectivity index (χ4v) is 1.19. The number of rotatable bonds is 6. The number of hydrogen-bond acceptors (Lipinski definition) is 2. The van der Waals surface area contributed by atoms with Crippen molar-refractivity contribution in [3.05, 3.63) is 60.0 Å². The second-order valence-corrected chi connectivity index (χ2v) is 3.35. The van der Waals surface area contributed by atoms with E-state index in [9.17, 15) is 0 Å². The monoisotopic (exact) mass is 218 g/mol. The van der Waals surface area contributed by atoms with Crippen molar-refractivity contribution in [2.24, 2.45) is 5.73 Å². The van der Waals surface area contributed by atoms with Crippen LogP contribution in [0.3, 0.4) is 0 Å². The number of nitrogens with one attached hydrogen (secondary N) is 1. The van der Waals surface area contributed by atoms with Gasteiger partial charge >= 0.3 is 0 Å². The van der Waals surface area contributed by atoms with E-state index < -0.39 is 0 Å². The zero-order valence-corrected chi connectivity index (χ0v) is 10.5. The van der Waals surface area contributed by atoms with Gasteiger partial charge in [0, 0.05) is 7.05 Å². The molecule has 16 heavy (non-hydrogen) atoms. The van der Waals surface area contributed by atoms with Gasteiger partial charge in [0.05, 0.1) is 5.82 Å². The smallest absolute Gasteiger partial charge is 0.0960 e. The Morgan fingerprint density at radius 1 is 1.25 bits per heavy atom. The van der Waals surface area contributed by atoms with Gasteiger partial charge in [0.15, 0.2) is 0 Å². The van der Waals surface area contributed by atoms with Gasteiger partial charge in [0.25, 0.3) is 0 Å². The molecule has 3 N–H and O–H groups in total. The lowest BCUT2D eigenvalue weighted by atomic mass is 10.0. The highest BCUT2D eigenvalue weighted by Crippen LogP contribution is 2.14. The molecule has 0 atom stereocenters. The first-order valence-corrected chi connectivity index (χ1v) is 5.42. The van der Waals surface area contributed by atoms with E-state index in [4.69, 9.17) is 5.73 Å². The van der Waals surface area contributed by atoms with Gasteiger partial charge in [-0.15, -0.1) is 0 Å². The first-order chi connectivity index (χ1) is 7.67. The third-order valence-corrected chi connectivity index (χ3v) is 2.23. The fraction of sp³-hybridized carbons (Fsp3) is 0.286. The van der Waals surface area contributed by atoms with Crippen molar-refractivity contribution in [2.75, 3.05) is 7.05 Å². The largest absolute Gasteiger partial charge is 0.386 e. The molecular weight excluding hydrogens is 196 g/mol. The Hall–Kier alpha value is -1.70. The fourth-order valence-electron chi connectivity index (χ4n) is 1.19. The van der Waals surface area contributed by atoms with Crippen LogP contribution < -0.4 is 11.1 Å². The Bertz CT molecular complexity index is 331. The molecule has 0 saturated heterocycles. The Morgan fingerprint density at radius 3 is 2.31 bits per heavy atom. The molecule has 0 aliphatic rings. The molecule has 0 fully saturated rings. The summed E-state index contributed by atoms with van der Waals surface area (Å²) >= 11 is 0. The summed E-state index contributed by atoms with van der Waals surface area (Å²) in [7, 11) is 1.81. The molecule has 0 amide bonds. The van der Waals surface area contributed by atoms with Crippen LogP contribution in [0.5, 0.6) is 0 Å². The summed E-state index contributed by atoms with van der Waals surface area (Å²) in [6.07, 6.45) is 12.7. The third kappa shape index (κ3) is 5.91. The molecule has 0 aromatic rings. The Morgan fingerprint density at radius 2 is 1.88 bits per heavy atom. The minimum absolute atomic E-state index is 0.677. The van der Waals surface area contributed by atoms with Gasteiger partial charge in [-0.3, -0.25) is 0 Å². The van der Waals surface area contributed by atoms with Gasteiger partial charge in [-0.1, -0.05) is 37.0 Å². The second-order valence-electron chi connectivity index (χ2n) is 3.35. The number of hydrogen-bond donors (Lipinski definition) is 2. The zero-order valence-electron chi connectivity index (χ0n) is 10.5. The zero-order chi connectivity index (χ0) is 12.4. The molecule has 0 aliphatic carbocycles. The first-order valence-electron chi connectivity index (χ1n) is 5.42. The molecule has 0 rings (SSSR count). The van der Waals surface area contributed by atoms with Crippen molar-refractivity contribution in [3.63, 3.8) is 0 Å². The minimum atomic E-state index is 0.677. The highest BCUT2D eigenvalue weighted by Gasteiger charge is 1.96. The van der Waals surface area contributed by atoms with Crippen LogP contribution in [0.25, 0.3) is 0 Å². The van der Waals surface area contributed by atoms with Crippen molar-refractivity contribution >= 4 is 0 Å². The summed E-state index contributed by atoms with van der Waals surface area (Å²) in [4.78, 5) is 0. The van der Waals surface area contributed by atoms with E-state index in [1.54, 1.807) is 6.08 Å². The maximum Gasteiger partial charge on any atom is 0.0960 e. The summed E-state index contributed by atoms with van der Waals surface area (Å²) in [5.74, 6) is 0.677. The van der Waals surface area contributed by atoms with Gasteiger partial charge in [0.2, 0.25) is 0 Å². The van der Waals surface area contributed by atoms with E-state index >= 15 is 0 Å². The molecule has 0 spiro atoms. The minimum Gasteiger partial charge on any atom is -0.386 e. The van der Waals surface area contributed by atoms with Crippen molar-refractivity contribution < 1.29 is 0 Å². The lowest BCUT2D eigenvalue weighted by Crippen LogP contribution is -2.14. The summed E-state index contributed by atoms with van der Waals surface area (Å²) in [6, 6.07) is 0. The summed E-state index contributed by atoms with van der Waals surface area (Å²) in [5.41, 5.74) is 8.15. The van der Waals surface area contributed by atoms with Crippen molar-refractivity contribution in [1.82, 2.24) is 5.32 Å². The molecule has 0 heterocycles. The van der Waals surface area contributed by atoms with Gasteiger partial charge in [-0.2, -0.15) is 0 Å². The van der Waals surface area contributed by atoms with Crippen LogP contribution in [-0.4, -0.2) is 7.05 Å². The van der Waals surface area contributed by atoms with E-state index in [1.165, 1.54) is 11.1 Å². The predicted molar refractivity (Wildman–Crippen MR) is 72.8 cm³/mol. The third-order valence-electron chi connectivity index (χ3n) is 2.23. The van der Waals surface area contributed by atoms with E-state index in [1.807, 2.05) is 33.0 Å². The molecule has 0 aromatic heterocycles. The Kier molecular flexibility index (Phi) is 7.68. The van der Waals surface area contributed by atoms with Gasteiger partial charge < -0.3 is 11.1 Å². The quantitative estimate of drug-likeness (QED) is 0.672. The molecule has 0 saturated carbocycles. The van der Waals surface area contributed by atoms with Gasteiger partial charge in [-0.25, -0.2) is 0 Å². The van der Waals surface area contributed by atoms with Crippen LogP contribution in [0.4, 0.5) is 0 Å². The van der Waals surface area contributed by atoms with Gasteiger partial charge in [-0.05, 0) is 37.5 Å². The molecular formula is C14H22N2. The van der Waals surface area contributed by atoms with Crippen LogP contribution >= 0.6 is 0 Å². The van der Waals surface area contributed by atoms with Crippen molar-refractivity contribution in [2.45, 2.75) is 20.3 Å². The van der Waals surface area contributed by atoms with Crippen LogP contribution in [0.1, 0.15) is 20.3 Å². The standard InChI is InChI=1S/C14H22N2/c1-5-8-9-12(6-2)10-13(7-3)11-14(15)16-4/h5-9,11,16H,1,10,15H2,2-4H3/b9-8-,12-6+,13-7-,14-11-. The SMILES string of the molecule is C=C/C=C\C(=C/C)CC(=C/C)/C=C(/N)NC. The summed E-state index contributed by atoms with van der Waals surface area (Å²) in [6.45, 7) is 7.70. The average Bonchev–Trinajstić information content (AvgIpc) is 2.32. The maximum atomic E-state index is 5.72. The average molecular weight is 218 g/mol. The first kappa shape index (κ1) is 14.3. The topological polar surface area (TPSA) is 38.0 Å². The van der Waals surface area contributed by atoms with Crippen LogP contribution in [-0.2, 0) is 0 Å². The van der Waals surface area contributed by atoms with Crippen LogP contribution in [0.2, 0.25) is 0 Å².